The standard InChI is InChI=1S/C11H8Cl2/c12-7-10-5-8-3-1-2-4-9(8)6-11(10)13/h1-6H,7H2. The largest absolute Gasteiger partial charge is 0.121 e. The first-order chi connectivity index (χ1) is 6.31. The van der Waals surface area contributed by atoms with Crippen LogP contribution in [0, 0.1) is 0 Å². The summed E-state index contributed by atoms with van der Waals surface area (Å²) in [6.45, 7) is 0. The van der Waals surface area contributed by atoms with Crippen LogP contribution in [-0.4, -0.2) is 0 Å². The second-order valence-corrected chi connectivity index (χ2v) is 3.60. The van der Waals surface area contributed by atoms with E-state index in [-0.39, 0.29) is 0 Å². The third kappa shape index (κ3) is 1.65. The van der Waals surface area contributed by atoms with Crippen molar-refractivity contribution in [2.24, 2.45) is 0 Å². The molecule has 0 spiro atoms. The molecule has 2 rings (SSSR count). The SMILES string of the molecule is ClCc1cc2ccccc2cc1Cl. The quantitative estimate of drug-likeness (QED) is 0.619. The molecule has 0 saturated heterocycles. The van der Waals surface area contributed by atoms with Gasteiger partial charge in [0.05, 0.1) is 0 Å². The van der Waals surface area contributed by atoms with E-state index in [1.807, 2.05) is 30.3 Å². The molecule has 0 radical (unpaired) electrons. The van der Waals surface area contributed by atoms with E-state index in [4.69, 9.17) is 23.2 Å². The van der Waals surface area contributed by atoms with Crippen molar-refractivity contribution in [2.45, 2.75) is 5.88 Å². The Labute approximate surface area is 87.1 Å². The topological polar surface area (TPSA) is 0 Å². The minimum absolute atomic E-state index is 0.462. The van der Waals surface area contributed by atoms with E-state index in [0.29, 0.717) is 5.88 Å². The Morgan fingerprint density at radius 1 is 1.00 bits per heavy atom. The van der Waals surface area contributed by atoms with Gasteiger partial charge in [-0.1, -0.05) is 35.9 Å². The zero-order chi connectivity index (χ0) is 9.26. The highest BCUT2D eigenvalue weighted by Gasteiger charge is 2.00. The molecule has 0 aliphatic carbocycles. The third-order valence-electron chi connectivity index (χ3n) is 2.06. The lowest BCUT2D eigenvalue weighted by Crippen LogP contribution is -1.81. The normalized spacial score (nSPS) is 10.6. The van der Waals surface area contributed by atoms with Crippen LogP contribution in [0.15, 0.2) is 36.4 Å². The van der Waals surface area contributed by atoms with Crippen LogP contribution >= 0.6 is 23.2 Å². The van der Waals surface area contributed by atoms with Crippen LogP contribution in [-0.2, 0) is 5.88 Å². The lowest BCUT2D eigenvalue weighted by Gasteiger charge is -2.02. The Morgan fingerprint density at radius 3 is 2.23 bits per heavy atom. The number of halogens is 2. The van der Waals surface area contributed by atoms with Crippen LogP contribution in [0.1, 0.15) is 5.56 Å². The molecule has 0 unspecified atom stereocenters. The molecule has 0 heterocycles. The lowest BCUT2D eigenvalue weighted by molar-refractivity contribution is 1.43. The van der Waals surface area contributed by atoms with Gasteiger partial charge in [-0.2, -0.15) is 0 Å². The minimum Gasteiger partial charge on any atom is -0.121 e. The summed E-state index contributed by atoms with van der Waals surface area (Å²) in [6, 6.07) is 12.1. The number of rotatable bonds is 1. The average Bonchev–Trinajstić information content (AvgIpc) is 2.17. The summed E-state index contributed by atoms with van der Waals surface area (Å²) in [5.41, 5.74) is 0.988. The molecule has 0 bridgehead atoms. The van der Waals surface area contributed by atoms with E-state index in [0.717, 1.165) is 16.0 Å². The van der Waals surface area contributed by atoms with Gasteiger partial charge in [0, 0.05) is 10.9 Å². The summed E-state index contributed by atoms with van der Waals surface area (Å²) in [6.07, 6.45) is 0. The van der Waals surface area contributed by atoms with Gasteiger partial charge < -0.3 is 0 Å². The van der Waals surface area contributed by atoms with E-state index in [2.05, 4.69) is 6.07 Å². The Morgan fingerprint density at radius 2 is 1.62 bits per heavy atom. The molecule has 0 aliphatic rings. The maximum absolute atomic E-state index is 6.02. The fourth-order valence-electron chi connectivity index (χ4n) is 1.36. The average molecular weight is 211 g/mol. The summed E-state index contributed by atoms with van der Waals surface area (Å²) < 4.78 is 0. The molecular formula is C11H8Cl2. The molecule has 2 aromatic carbocycles. The van der Waals surface area contributed by atoms with E-state index in [1.165, 1.54) is 5.39 Å². The Hall–Kier alpha value is -0.720. The van der Waals surface area contributed by atoms with Crippen LogP contribution < -0.4 is 0 Å². The zero-order valence-electron chi connectivity index (χ0n) is 6.93. The Kier molecular flexibility index (Phi) is 2.43. The van der Waals surface area contributed by atoms with Gasteiger partial charge in [0.15, 0.2) is 0 Å². The van der Waals surface area contributed by atoms with Gasteiger partial charge in [-0.15, -0.1) is 11.6 Å². The van der Waals surface area contributed by atoms with E-state index in [1.54, 1.807) is 0 Å². The highest BCUT2D eigenvalue weighted by molar-refractivity contribution is 6.33. The zero-order valence-corrected chi connectivity index (χ0v) is 8.44. The number of alkyl halides is 1. The second kappa shape index (κ2) is 3.57. The summed E-state index contributed by atoms with van der Waals surface area (Å²) in [5, 5.41) is 3.08. The predicted molar refractivity (Wildman–Crippen MR) is 58.5 cm³/mol. The molecule has 0 aromatic heterocycles. The molecule has 66 valence electrons. The molecule has 0 fully saturated rings. The predicted octanol–water partition coefficient (Wildman–Crippen LogP) is 4.23. The van der Waals surface area contributed by atoms with Crippen molar-refractivity contribution in [3.05, 3.63) is 47.0 Å². The highest BCUT2D eigenvalue weighted by Crippen LogP contribution is 2.24. The van der Waals surface area contributed by atoms with Crippen molar-refractivity contribution in [1.29, 1.82) is 0 Å². The second-order valence-electron chi connectivity index (χ2n) is 2.92. The number of hydrogen-bond acceptors (Lipinski definition) is 0. The van der Waals surface area contributed by atoms with E-state index in [9.17, 15) is 0 Å². The summed E-state index contributed by atoms with van der Waals surface area (Å²) in [4.78, 5) is 0. The van der Waals surface area contributed by atoms with Crippen molar-refractivity contribution in [2.75, 3.05) is 0 Å². The van der Waals surface area contributed by atoms with Gasteiger partial charge in [0.25, 0.3) is 0 Å². The molecule has 0 aliphatic heterocycles. The van der Waals surface area contributed by atoms with Crippen LogP contribution in [0.3, 0.4) is 0 Å². The number of benzene rings is 2. The summed E-state index contributed by atoms with van der Waals surface area (Å²) in [5.74, 6) is 0.462. The first-order valence-electron chi connectivity index (χ1n) is 4.04. The molecule has 2 aromatic rings. The molecule has 0 saturated carbocycles. The Balaban J connectivity index is 2.74. The van der Waals surface area contributed by atoms with Crippen molar-refractivity contribution in [1.82, 2.24) is 0 Å². The third-order valence-corrected chi connectivity index (χ3v) is 2.70. The maximum atomic E-state index is 6.02. The smallest absolute Gasteiger partial charge is 0.0489 e. The molecule has 0 amide bonds. The molecule has 0 N–H and O–H groups in total. The molecular weight excluding hydrogens is 203 g/mol. The first-order valence-corrected chi connectivity index (χ1v) is 4.95. The van der Waals surface area contributed by atoms with Crippen molar-refractivity contribution in [3.8, 4) is 0 Å². The van der Waals surface area contributed by atoms with Crippen LogP contribution in [0.4, 0.5) is 0 Å². The maximum Gasteiger partial charge on any atom is 0.0489 e. The monoisotopic (exact) mass is 210 g/mol. The fourth-order valence-corrected chi connectivity index (χ4v) is 1.89. The molecule has 0 nitrogen and oxygen atoms in total. The molecule has 2 heteroatoms. The van der Waals surface area contributed by atoms with Crippen LogP contribution in [0.5, 0.6) is 0 Å². The molecule has 13 heavy (non-hydrogen) atoms. The summed E-state index contributed by atoms with van der Waals surface area (Å²) >= 11 is 11.8. The molecule has 0 atom stereocenters. The van der Waals surface area contributed by atoms with Gasteiger partial charge in [-0.05, 0) is 28.5 Å². The van der Waals surface area contributed by atoms with Crippen molar-refractivity contribution >= 4 is 34.0 Å². The fraction of sp³-hybridized carbons (Fsp3) is 0.0909. The van der Waals surface area contributed by atoms with E-state index >= 15 is 0 Å². The van der Waals surface area contributed by atoms with Gasteiger partial charge in [0.2, 0.25) is 0 Å². The lowest BCUT2D eigenvalue weighted by atomic mass is 10.1. The number of hydrogen-bond donors (Lipinski definition) is 0. The van der Waals surface area contributed by atoms with Crippen molar-refractivity contribution < 1.29 is 0 Å². The van der Waals surface area contributed by atoms with E-state index < -0.39 is 0 Å². The Bertz CT molecular complexity index is 435. The van der Waals surface area contributed by atoms with Crippen LogP contribution in [0.2, 0.25) is 5.02 Å². The highest BCUT2D eigenvalue weighted by atomic mass is 35.5. The van der Waals surface area contributed by atoms with Gasteiger partial charge >= 0.3 is 0 Å². The van der Waals surface area contributed by atoms with Gasteiger partial charge in [-0.3, -0.25) is 0 Å². The van der Waals surface area contributed by atoms with Gasteiger partial charge in [-0.25, -0.2) is 0 Å². The van der Waals surface area contributed by atoms with Gasteiger partial charge in [0.1, 0.15) is 0 Å². The number of fused-ring (bicyclic) bond motifs is 1. The first kappa shape index (κ1) is 8.86. The minimum atomic E-state index is 0.462. The van der Waals surface area contributed by atoms with Crippen LogP contribution in [0.25, 0.3) is 10.8 Å². The summed E-state index contributed by atoms with van der Waals surface area (Å²) in [7, 11) is 0. The van der Waals surface area contributed by atoms with Crippen molar-refractivity contribution in [3.63, 3.8) is 0 Å².